The molecule has 15 heavy (non-hydrogen) atoms. The second kappa shape index (κ2) is 3.61. The van der Waals surface area contributed by atoms with Gasteiger partial charge in [-0.25, -0.2) is 4.98 Å². The van der Waals surface area contributed by atoms with Gasteiger partial charge in [0, 0.05) is 7.05 Å². The highest BCUT2D eigenvalue weighted by Crippen LogP contribution is 2.21. The van der Waals surface area contributed by atoms with Gasteiger partial charge in [-0.2, -0.15) is 0 Å². The maximum Gasteiger partial charge on any atom is 0.323 e. The minimum absolute atomic E-state index is 0.0742. The molecule has 0 fully saturated rings. The van der Waals surface area contributed by atoms with E-state index >= 15 is 0 Å². The SMILES string of the molecule is CNc1cccc2ncn(CC(=O)O)c12. The summed E-state index contributed by atoms with van der Waals surface area (Å²) in [6.07, 6.45) is 1.54. The topological polar surface area (TPSA) is 67.2 Å². The molecule has 1 aromatic heterocycles. The van der Waals surface area contributed by atoms with Gasteiger partial charge in [0.25, 0.3) is 0 Å². The van der Waals surface area contributed by atoms with Gasteiger partial charge in [0.1, 0.15) is 6.54 Å². The van der Waals surface area contributed by atoms with Crippen LogP contribution in [0.5, 0.6) is 0 Å². The number of imidazole rings is 1. The lowest BCUT2D eigenvalue weighted by molar-refractivity contribution is -0.137. The minimum atomic E-state index is -0.875. The molecule has 0 aliphatic heterocycles. The highest BCUT2D eigenvalue weighted by Gasteiger charge is 2.08. The number of nitrogens with zero attached hydrogens (tertiary/aromatic N) is 2. The molecule has 2 N–H and O–H groups in total. The zero-order valence-corrected chi connectivity index (χ0v) is 8.27. The van der Waals surface area contributed by atoms with Crippen LogP contribution < -0.4 is 5.32 Å². The Balaban J connectivity index is 2.60. The normalized spacial score (nSPS) is 10.5. The van der Waals surface area contributed by atoms with E-state index in [0.717, 1.165) is 16.7 Å². The van der Waals surface area contributed by atoms with Gasteiger partial charge in [0.05, 0.1) is 23.0 Å². The maximum atomic E-state index is 10.6. The molecule has 5 heteroatoms. The van der Waals surface area contributed by atoms with Crippen LogP contribution in [0.25, 0.3) is 11.0 Å². The van der Waals surface area contributed by atoms with Crippen molar-refractivity contribution in [2.24, 2.45) is 0 Å². The standard InChI is InChI=1S/C10H11N3O2/c1-11-7-3-2-4-8-10(7)13(6-12-8)5-9(14)15/h2-4,6,11H,5H2,1H3,(H,14,15). The Morgan fingerprint density at radius 2 is 2.40 bits per heavy atom. The molecule has 2 aromatic rings. The Bertz CT molecular complexity index is 504. The van der Waals surface area contributed by atoms with Crippen LogP contribution in [-0.4, -0.2) is 27.7 Å². The lowest BCUT2D eigenvalue weighted by Gasteiger charge is -2.05. The molecule has 0 spiro atoms. The number of fused-ring (bicyclic) bond motifs is 1. The first-order chi connectivity index (χ1) is 7.22. The Kier molecular flexibility index (Phi) is 2.29. The van der Waals surface area contributed by atoms with Crippen molar-refractivity contribution >= 4 is 22.7 Å². The summed E-state index contributed by atoms with van der Waals surface area (Å²) in [6, 6.07) is 5.63. The van der Waals surface area contributed by atoms with Crippen LogP contribution in [0, 0.1) is 0 Å². The summed E-state index contributed by atoms with van der Waals surface area (Å²) >= 11 is 0. The smallest absolute Gasteiger partial charge is 0.323 e. The molecular weight excluding hydrogens is 194 g/mol. The third-order valence-electron chi connectivity index (χ3n) is 2.21. The molecule has 0 atom stereocenters. The van der Waals surface area contributed by atoms with Gasteiger partial charge in [-0.1, -0.05) is 6.07 Å². The second-order valence-electron chi connectivity index (χ2n) is 3.19. The largest absolute Gasteiger partial charge is 0.480 e. The summed E-state index contributed by atoms with van der Waals surface area (Å²) in [5.74, 6) is -0.875. The van der Waals surface area contributed by atoms with E-state index in [9.17, 15) is 4.79 Å². The fourth-order valence-electron chi connectivity index (χ4n) is 1.59. The van der Waals surface area contributed by atoms with Crippen LogP contribution in [0.1, 0.15) is 0 Å². The predicted molar refractivity (Wildman–Crippen MR) is 56.9 cm³/mol. The number of para-hydroxylation sites is 1. The summed E-state index contributed by atoms with van der Waals surface area (Å²) in [4.78, 5) is 14.8. The van der Waals surface area contributed by atoms with Crippen molar-refractivity contribution in [3.8, 4) is 0 Å². The number of aliphatic carboxylic acids is 1. The number of hydrogen-bond donors (Lipinski definition) is 2. The summed E-state index contributed by atoms with van der Waals surface area (Å²) in [7, 11) is 1.80. The van der Waals surface area contributed by atoms with E-state index in [0.29, 0.717) is 0 Å². The van der Waals surface area contributed by atoms with Crippen molar-refractivity contribution in [2.45, 2.75) is 6.54 Å². The highest BCUT2D eigenvalue weighted by molar-refractivity contribution is 5.89. The van der Waals surface area contributed by atoms with E-state index in [1.54, 1.807) is 17.9 Å². The van der Waals surface area contributed by atoms with E-state index in [-0.39, 0.29) is 6.54 Å². The van der Waals surface area contributed by atoms with Crippen molar-refractivity contribution < 1.29 is 9.90 Å². The van der Waals surface area contributed by atoms with Gasteiger partial charge in [-0.3, -0.25) is 4.79 Å². The Morgan fingerprint density at radius 3 is 3.07 bits per heavy atom. The number of anilines is 1. The Hall–Kier alpha value is -2.04. The number of nitrogens with one attached hydrogen (secondary N) is 1. The molecule has 1 aromatic carbocycles. The second-order valence-corrected chi connectivity index (χ2v) is 3.19. The molecule has 2 rings (SSSR count). The van der Waals surface area contributed by atoms with Gasteiger partial charge >= 0.3 is 5.97 Å². The molecule has 1 heterocycles. The summed E-state index contributed by atoms with van der Waals surface area (Å²) in [5.41, 5.74) is 2.50. The quantitative estimate of drug-likeness (QED) is 0.789. The first kappa shape index (κ1) is 9.51. The van der Waals surface area contributed by atoms with Crippen molar-refractivity contribution in [3.63, 3.8) is 0 Å². The van der Waals surface area contributed by atoms with Crippen LogP contribution in [0.4, 0.5) is 5.69 Å². The summed E-state index contributed by atoms with van der Waals surface area (Å²) in [6.45, 7) is -0.0742. The Labute approximate surface area is 86.4 Å². The fourth-order valence-corrected chi connectivity index (χ4v) is 1.59. The molecular formula is C10H11N3O2. The van der Waals surface area contributed by atoms with Crippen molar-refractivity contribution in [1.82, 2.24) is 9.55 Å². The maximum absolute atomic E-state index is 10.6. The van der Waals surface area contributed by atoms with Gasteiger partial charge in [0.15, 0.2) is 0 Å². The number of carboxylic acids is 1. The van der Waals surface area contributed by atoms with Gasteiger partial charge in [0.2, 0.25) is 0 Å². The van der Waals surface area contributed by atoms with Crippen molar-refractivity contribution in [1.29, 1.82) is 0 Å². The molecule has 0 aliphatic carbocycles. The fraction of sp³-hybridized carbons (Fsp3) is 0.200. The number of hydrogen-bond acceptors (Lipinski definition) is 3. The molecule has 0 aliphatic rings. The van der Waals surface area contributed by atoms with E-state index in [2.05, 4.69) is 10.3 Å². The summed E-state index contributed by atoms with van der Waals surface area (Å²) < 4.78 is 1.61. The molecule has 0 radical (unpaired) electrons. The average molecular weight is 205 g/mol. The number of rotatable bonds is 3. The van der Waals surface area contributed by atoms with Crippen molar-refractivity contribution in [3.05, 3.63) is 24.5 Å². The third kappa shape index (κ3) is 1.63. The molecule has 0 saturated heterocycles. The lowest BCUT2D eigenvalue weighted by atomic mass is 10.2. The third-order valence-corrected chi connectivity index (χ3v) is 2.21. The zero-order chi connectivity index (χ0) is 10.8. The van der Waals surface area contributed by atoms with Crippen LogP contribution in [0.2, 0.25) is 0 Å². The van der Waals surface area contributed by atoms with Crippen molar-refractivity contribution in [2.75, 3.05) is 12.4 Å². The zero-order valence-electron chi connectivity index (χ0n) is 8.27. The lowest BCUT2D eigenvalue weighted by Crippen LogP contribution is -2.08. The van der Waals surface area contributed by atoms with Crippen LogP contribution in [0.15, 0.2) is 24.5 Å². The molecule has 0 bridgehead atoms. The molecule has 0 amide bonds. The van der Waals surface area contributed by atoms with E-state index < -0.39 is 5.97 Å². The monoisotopic (exact) mass is 205 g/mol. The highest BCUT2D eigenvalue weighted by atomic mass is 16.4. The Morgan fingerprint density at radius 1 is 1.60 bits per heavy atom. The predicted octanol–water partition coefficient (Wildman–Crippen LogP) is 1.16. The number of aromatic nitrogens is 2. The molecule has 0 unspecified atom stereocenters. The first-order valence-electron chi connectivity index (χ1n) is 4.56. The molecule has 5 nitrogen and oxygen atoms in total. The van der Waals surface area contributed by atoms with Crippen LogP contribution in [0.3, 0.4) is 0 Å². The van der Waals surface area contributed by atoms with E-state index in [4.69, 9.17) is 5.11 Å². The van der Waals surface area contributed by atoms with Crippen LogP contribution in [-0.2, 0) is 11.3 Å². The molecule has 78 valence electrons. The molecule has 0 saturated carbocycles. The van der Waals surface area contributed by atoms with Gasteiger partial charge in [-0.15, -0.1) is 0 Å². The number of carbonyl (C=O) groups is 1. The number of benzene rings is 1. The number of carboxylic acid groups (broad SMARTS) is 1. The minimum Gasteiger partial charge on any atom is -0.480 e. The van der Waals surface area contributed by atoms with Gasteiger partial charge < -0.3 is 15.0 Å². The first-order valence-corrected chi connectivity index (χ1v) is 4.56. The van der Waals surface area contributed by atoms with Crippen LogP contribution >= 0.6 is 0 Å². The summed E-state index contributed by atoms with van der Waals surface area (Å²) in [5, 5.41) is 11.8. The average Bonchev–Trinajstić information content (AvgIpc) is 2.61. The van der Waals surface area contributed by atoms with E-state index in [1.807, 2.05) is 18.2 Å². The van der Waals surface area contributed by atoms with E-state index in [1.165, 1.54) is 0 Å². The van der Waals surface area contributed by atoms with Gasteiger partial charge in [-0.05, 0) is 12.1 Å².